The van der Waals surface area contributed by atoms with Gasteiger partial charge < -0.3 is 25.2 Å². The molecule has 1 aliphatic heterocycles. The first-order chi connectivity index (χ1) is 16.8. The predicted molar refractivity (Wildman–Crippen MR) is 148 cm³/mol. The van der Waals surface area contributed by atoms with Crippen molar-refractivity contribution in [1.82, 2.24) is 14.7 Å². The van der Waals surface area contributed by atoms with Gasteiger partial charge in [-0.25, -0.2) is 0 Å². The summed E-state index contributed by atoms with van der Waals surface area (Å²) < 4.78 is 0. The molecule has 0 spiro atoms. The Kier molecular flexibility index (Phi) is 14.7. The fraction of sp³-hybridized carbons (Fsp3) is 0.500. The van der Waals surface area contributed by atoms with E-state index in [1.54, 1.807) is 0 Å². The number of para-hydroxylation sites is 1. The molecule has 2 N–H and O–H groups in total. The third kappa shape index (κ3) is 10.7. The number of hydrogen-bond donors (Lipinski definition) is 1. The number of nitrogens with zero attached hydrogens (tertiary/aromatic N) is 4. The highest BCUT2D eigenvalue weighted by Gasteiger charge is 2.18. The van der Waals surface area contributed by atoms with Gasteiger partial charge in [0.25, 0.3) is 0 Å². The Bertz CT molecular complexity index is 863. The molecule has 0 saturated carbocycles. The Morgan fingerprint density at radius 2 is 1.43 bits per heavy atom. The molecule has 1 fully saturated rings. The lowest BCUT2D eigenvalue weighted by atomic mass is 10.1. The van der Waals surface area contributed by atoms with Gasteiger partial charge in [-0.05, 0) is 71.2 Å². The molecule has 2 aromatic carbocycles. The molecule has 0 radical (unpaired) electrons. The number of piperazine rings is 1. The first-order valence-electron chi connectivity index (χ1n) is 12.3. The van der Waals surface area contributed by atoms with Gasteiger partial charge in [-0.3, -0.25) is 9.69 Å². The van der Waals surface area contributed by atoms with Crippen LogP contribution in [0.3, 0.4) is 0 Å². The summed E-state index contributed by atoms with van der Waals surface area (Å²) in [5, 5.41) is 0. The van der Waals surface area contributed by atoms with Crippen LogP contribution in [0.4, 0.5) is 11.4 Å². The lowest BCUT2D eigenvalue weighted by Crippen LogP contribution is -2.48. The molecule has 35 heavy (non-hydrogen) atoms. The largest absolute Gasteiger partial charge is 0.341 e. The molecule has 0 aliphatic carbocycles. The van der Waals surface area contributed by atoms with Gasteiger partial charge >= 0.3 is 0 Å². The fourth-order valence-electron chi connectivity index (χ4n) is 4.10. The van der Waals surface area contributed by atoms with Crippen LogP contribution in [0.25, 0.3) is 0 Å². The Morgan fingerprint density at radius 1 is 0.886 bits per heavy atom. The Labute approximate surface area is 212 Å². The molecule has 2 aromatic rings. The fourth-order valence-corrected chi connectivity index (χ4v) is 4.10. The van der Waals surface area contributed by atoms with Crippen molar-refractivity contribution in [3.8, 4) is 0 Å². The normalized spacial score (nSPS) is 13.9. The van der Waals surface area contributed by atoms with Crippen LogP contribution in [0.1, 0.15) is 27.9 Å². The van der Waals surface area contributed by atoms with Crippen LogP contribution in [-0.4, -0.2) is 101 Å². The van der Waals surface area contributed by atoms with Gasteiger partial charge in [-0.15, -0.1) is 0 Å². The SMILES string of the molecule is C=O.CN(C)C.Cc1ccccc1N(CCCN1CCN(CCN)CC1)c1cc(C=O)ccc1C. The summed E-state index contributed by atoms with van der Waals surface area (Å²) in [5.74, 6) is 0. The highest BCUT2D eigenvalue weighted by atomic mass is 16.1. The summed E-state index contributed by atoms with van der Waals surface area (Å²) in [5.41, 5.74) is 11.2. The van der Waals surface area contributed by atoms with E-state index >= 15 is 0 Å². The van der Waals surface area contributed by atoms with Crippen LogP contribution < -0.4 is 10.6 Å². The van der Waals surface area contributed by atoms with E-state index in [1.165, 1.54) is 16.8 Å². The van der Waals surface area contributed by atoms with Crippen LogP contribution in [0.15, 0.2) is 42.5 Å². The summed E-state index contributed by atoms with van der Waals surface area (Å²) in [6.07, 6.45) is 2.01. The average Bonchev–Trinajstić information content (AvgIpc) is 2.85. The number of carbonyl (C=O) groups is 2. The first-order valence-corrected chi connectivity index (χ1v) is 12.3. The number of aldehydes is 1. The van der Waals surface area contributed by atoms with E-state index in [1.807, 2.05) is 51.0 Å². The van der Waals surface area contributed by atoms with Crippen molar-refractivity contribution in [3.63, 3.8) is 0 Å². The second-order valence-corrected chi connectivity index (χ2v) is 9.27. The van der Waals surface area contributed by atoms with Gasteiger partial charge in [0.1, 0.15) is 13.1 Å². The molecule has 0 atom stereocenters. The van der Waals surface area contributed by atoms with E-state index in [0.29, 0.717) is 0 Å². The average molecular weight is 484 g/mol. The molecular weight excluding hydrogens is 438 g/mol. The highest BCUT2D eigenvalue weighted by molar-refractivity contribution is 5.80. The molecule has 1 heterocycles. The monoisotopic (exact) mass is 483 g/mol. The van der Waals surface area contributed by atoms with Crippen molar-refractivity contribution >= 4 is 24.5 Å². The topological polar surface area (TPSA) is 73.1 Å². The number of anilines is 2. The number of aryl methyl sites for hydroxylation is 2. The molecule has 7 nitrogen and oxygen atoms in total. The zero-order valence-corrected chi connectivity index (χ0v) is 22.4. The van der Waals surface area contributed by atoms with Crippen molar-refractivity contribution in [1.29, 1.82) is 0 Å². The third-order valence-electron chi connectivity index (χ3n) is 5.83. The van der Waals surface area contributed by atoms with Crippen LogP contribution in [0.5, 0.6) is 0 Å². The molecule has 3 rings (SSSR count). The first kappa shape index (κ1) is 30.5. The van der Waals surface area contributed by atoms with Crippen molar-refractivity contribution in [3.05, 3.63) is 59.2 Å². The van der Waals surface area contributed by atoms with Gasteiger partial charge in [-0.2, -0.15) is 0 Å². The van der Waals surface area contributed by atoms with Crippen LogP contribution >= 0.6 is 0 Å². The molecule has 0 aromatic heterocycles. The molecule has 0 amide bonds. The third-order valence-corrected chi connectivity index (χ3v) is 5.83. The van der Waals surface area contributed by atoms with Crippen LogP contribution in [0.2, 0.25) is 0 Å². The van der Waals surface area contributed by atoms with Crippen LogP contribution in [0, 0.1) is 13.8 Å². The number of benzene rings is 2. The van der Waals surface area contributed by atoms with E-state index in [4.69, 9.17) is 10.5 Å². The van der Waals surface area contributed by atoms with E-state index in [2.05, 4.69) is 52.8 Å². The summed E-state index contributed by atoms with van der Waals surface area (Å²) >= 11 is 0. The lowest BCUT2D eigenvalue weighted by Gasteiger charge is -2.35. The minimum atomic E-state index is 0.722. The standard InChI is InChI=1S/C24H34N4O.C3H9N.CH2O/c1-20-6-3-4-7-23(20)28(24-18-22(19-29)9-8-21(24)2)12-5-11-26-14-16-27(13-10-25)17-15-26;1-4(2)3;1-2/h3-4,6-9,18-19H,5,10-17,25H2,1-2H3;1-3H3;1H2. The second-order valence-electron chi connectivity index (χ2n) is 9.27. The smallest absolute Gasteiger partial charge is 0.150 e. The molecule has 0 unspecified atom stereocenters. The van der Waals surface area contributed by atoms with Crippen molar-refractivity contribution in [2.75, 3.05) is 78.4 Å². The van der Waals surface area contributed by atoms with Crippen molar-refractivity contribution in [2.24, 2.45) is 5.73 Å². The molecule has 1 aliphatic rings. The van der Waals surface area contributed by atoms with Gasteiger partial charge in [-0.1, -0.05) is 30.3 Å². The number of hydrogen-bond acceptors (Lipinski definition) is 7. The van der Waals surface area contributed by atoms with Crippen molar-refractivity contribution < 1.29 is 9.59 Å². The molecule has 7 heteroatoms. The number of rotatable bonds is 9. The Balaban J connectivity index is 0.000000926. The minimum absolute atomic E-state index is 0.722. The van der Waals surface area contributed by atoms with Gasteiger partial charge in [0.05, 0.1) is 0 Å². The Morgan fingerprint density at radius 3 is 1.97 bits per heavy atom. The molecule has 0 bridgehead atoms. The maximum absolute atomic E-state index is 11.4. The number of carbonyl (C=O) groups excluding carboxylic acids is 2. The van der Waals surface area contributed by atoms with E-state index < -0.39 is 0 Å². The number of nitrogens with two attached hydrogens (primary N) is 1. The Hall–Kier alpha value is -2.58. The summed E-state index contributed by atoms with van der Waals surface area (Å²) in [6.45, 7) is 14.5. The van der Waals surface area contributed by atoms with E-state index in [9.17, 15) is 4.79 Å². The van der Waals surface area contributed by atoms with Crippen LogP contribution in [-0.2, 0) is 4.79 Å². The molecule has 1 saturated heterocycles. The quantitative estimate of drug-likeness (QED) is 0.549. The molecule has 194 valence electrons. The van der Waals surface area contributed by atoms with Gasteiger partial charge in [0, 0.05) is 62.8 Å². The van der Waals surface area contributed by atoms with E-state index in [-0.39, 0.29) is 0 Å². The van der Waals surface area contributed by atoms with Gasteiger partial charge in [0.15, 0.2) is 0 Å². The predicted octanol–water partition coefficient (Wildman–Crippen LogP) is 3.21. The second kappa shape index (κ2) is 16.9. The van der Waals surface area contributed by atoms with Crippen molar-refractivity contribution in [2.45, 2.75) is 20.3 Å². The summed E-state index contributed by atoms with van der Waals surface area (Å²) in [7, 11) is 6.00. The zero-order chi connectivity index (χ0) is 26.2. The summed E-state index contributed by atoms with van der Waals surface area (Å²) in [4.78, 5) is 28.7. The summed E-state index contributed by atoms with van der Waals surface area (Å²) in [6, 6.07) is 14.4. The molecular formula is C28H45N5O2. The minimum Gasteiger partial charge on any atom is -0.341 e. The zero-order valence-electron chi connectivity index (χ0n) is 22.4. The van der Waals surface area contributed by atoms with Gasteiger partial charge in [0.2, 0.25) is 0 Å². The lowest BCUT2D eigenvalue weighted by molar-refractivity contribution is -0.0980. The maximum Gasteiger partial charge on any atom is 0.150 e. The highest BCUT2D eigenvalue weighted by Crippen LogP contribution is 2.31. The maximum atomic E-state index is 11.4. The van der Waals surface area contributed by atoms with E-state index in [0.717, 1.165) is 76.3 Å².